The molecule has 0 unspecified atom stereocenters. The fourth-order valence-electron chi connectivity index (χ4n) is 1.98. The van der Waals surface area contributed by atoms with Crippen LogP contribution < -0.4 is 0 Å². The molecule has 98 valence electrons. The molecule has 0 aliphatic carbocycles. The number of allylic oxidation sites excluding steroid dienone is 2. The van der Waals surface area contributed by atoms with Crippen LogP contribution in [0.4, 0.5) is 0 Å². The smallest absolute Gasteiger partial charge is 0.123 e. The van der Waals surface area contributed by atoms with Crippen molar-refractivity contribution in [3.8, 4) is 5.75 Å². The van der Waals surface area contributed by atoms with Crippen molar-refractivity contribution in [2.75, 3.05) is 0 Å². The van der Waals surface area contributed by atoms with Crippen LogP contribution in [-0.2, 0) is 10.8 Å². The zero-order valence-electron chi connectivity index (χ0n) is 12.2. The summed E-state index contributed by atoms with van der Waals surface area (Å²) in [4.78, 5) is 0. The van der Waals surface area contributed by atoms with Crippen LogP contribution in [0, 0.1) is 6.92 Å². The molecule has 1 heteroatoms. The van der Waals surface area contributed by atoms with Gasteiger partial charge in [0.05, 0.1) is 0 Å². The summed E-state index contributed by atoms with van der Waals surface area (Å²) in [5, 5.41) is 10.6. The second kappa shape index (κ2) is 4.64. The van der Waals surface area contributed by atoms with Gasteiger partial charge in [0.1, 0.15) is 5.75 Å². The SMILES string of the molecule is C=CC(C)(C)c1cc(C)cc(C(C)(C)C=C)c1O. The van der Waals surface area contributed by atoms with E-state index in [2.05, 4.69) is 40.9 Å². The zero-order valence-corrected chi connectivity index (χ0v) is 12.2. The molecule has 0 aliphatic rings. The number of hydrogen-bond donors (Lipinski definition) is 1. The quantitative estimate of drug-likeness (QED) is 0.766. The minimum absolute atomic E-state index is 0.248. The summed E-state index contributed by atoms with van der Waals surface area (Å²) < 4.78 is 0. The molecule has 0 aliphatic heterocycles. The van der Waals surface area contributed by atoms with Gasteiger partial charge in [0.25, 0.3) is 0 Å². The lowest BCUT2D eigenvalue weighted by atomic mass is 9.77. The summed E-state index contributed by atoms with van der Waals surface area (Å²) in [6.07, 6.45) is 3.73. The van der Waals surface area contributed by atoms with Gasteiger partial charge >= 0.3 is 0 Å². The number of aryl methyl sites for hydroxylation is 1. The minimum atomic E-state index is -0.248. The molecular weight excluding hydrogens is 220 g/mol. The Hall–Kier alpha value is -1.50. The van der Waals surface area contributed by atoms with Crippen molar-refractivity contribution in [1.82, 2.24) is 0 Å². The molecule has 18 heavy (non-hydrogen) atoms. The zero-order chi connectivity index (χ0) is 14.1. The maximum Gasteiger partial charge on any atom is 0.123 e. The summed E-state index contributed by atoms with van der Waals surface area (Å²) in [5.41, 5.74) is 2.48. The van der Waals surface area contributed by atoms with Gasteiger partial charge in [-0.1, -0.05) is 57.5 Å². The van der Waals surface area contributed by atoms with Crippen LogP contribution >= 0.6 is 0 Å². The number of hydrogen-bond acceptors (Lipinski definition) is 1. The molecule has 0 saturated carbocycles. The van der Waals surface area contributed by atoms with Gasteiger partial charge in [-0.25, -0.2) is 0 Å². The number of aromatic hydroxyl groups is 1. The molecule has 0 amide bonds. The lowest BCUT2D eigenvalue weighted by Crippen LogP contribution is -2.19. The van der Waals surface area contributed by atoms with E-state index in [1.165, 1.54) is 0 Å². The lowest BCUT2D eigenvalue weighted by Gasteiger charge is -2.28. The van der Waals surface area contributed by atoms with Crippen molar-refractivity contribution in [3.05, 3.63) is 54.1 Å². The summed E-state index contributed by atoms with van der Waals surface area (Å²) in [6.45, 7) is 18.0. The first-order valence-corrected chi connectivity index (χ1v) is 6.27. The highest BCUT2D eigenvalue weighted by molar-refractivity contribution is 5.52. The molecule has 0 saturated heterocycles. The second-order valence-electron chi connectivity index (χ2n) is 6.06. The molecule has 0 heterocycles. The van der Waals surface area contributed by atoms with Gasteiger partial charge in [0, 0.05) is 22.0 Å². The van der Waals surface area contributed by atoms with Gasteiger partial charge in [0.2, 0.25) is 0 Å². The number of phenols is 1. The highest BCUT2D eigenvalue weighted by Gasteiger charge is 2.27. The van der Waals surface area contributed by atoms with Crippen molar-refractivity contribution in [2.24, 2.45) is 0 Å². The predicted molar refractivity (Wildman–Crippen MR) is 79.3 cm³/mol. The van der Waals surface area contributed by atoms with Crippen LogP contribution in [0.2, 0.25) is 0 Å². The van der Waals surface area contributed by atoms with E-state index < -0.39 is 0 Å². The van der Waals surface area contributed by atoms with E-state index in [0.29, 0.717) is 5.75 Å². The van der Waals surface area contributed by atoms with E-state index in [1.54, 1.807) is 0 Å². The van der Waals surface area contributed by atoms with E-state index in [-0.39, 0.29) is 10.8 Å². The number of phenolic OH excluding ortho intramolecular Hbond substituents is 1. The lowest BCUT2D eigenvalue weighted by molar-refractivity contribution is 0.437. The van der Waals surface area contributed by atoms with Gasteiger partial charge in [-0.15, -0.1) is 13.2 Å². The van der Waals surface area contributed by atoms with E-state index in [0.717, 1.165) is 16.7 Å². The average molecular weight is 244 g/mol. The van der Waals surface area contributed by atoms with Crippen LogP contribution in [0.1, 0.15) is 44.4 Å². The van der Waals surface area contributed by atoms with Gasteiger partial charge in [-0.05, 0) is 6.92 Å². The van der Waals surface area contributed by atoms with E-state index in [1.807, 2.05) is 31.2 Å². The Balaban J connectivity index is 3.60. The third-order valence-electron chi connectivity index (χ3n) is 3.66. The van der Waals surface area contributed by atoms with Crippen molar-refractivity contribution in [3.63, 3.8) is 0 Å². The largest absolute Gasteiger partial charge is 0.507 e. The molecule has 0 radical (unpaired) electrons. The Morgan fingerprint density at radius 2 is 1.28 bits per heavy atom. The normalized spacial score (nSPS) is 12.3. The summed E-state index contributed by atoms with van der Waals surface area (Å²) in [6, 6.07) is 4.05. The molecule has 0 spiro atoms. The number of rotatable bonds is 4. The Kier molecular flexibility index (Phi) is 3.75. The van der Waals surface area contributed by atoms with Crippen LogP contribution in [0.3, 0.4) is 0 Å². The Morgan fingerprint density at radius 1 is 0.944 bits per heavy atom. The highest BCUT2D eigenvalue weighted by Crippen LogP contribution is 2.40. The van der Waals surface area contributed by atoms with Crippen LogP contribution in [0.5, 0.6) is 5.75 Å². The molecule has 0 bridgehead atoms. The third kappa shape index (κ3) is 2.50. The molecule has 0 fully saturated rings. The predicted octanol–water partition coefficient (Wildman–Crippen LogP) is 4.63. The molecule has 1 N–H and O–H groups in total. The average Bonchev–Trinajstić information content (AvgIpc) is 2.31. The molecule has 0 aromatic heterocycles. The van der Waals surface area contributed by atoms with Crippen LogP contribution in [0.25, 0.3) is 0 Å². The summed E-state index contributed by atoms with van der Waals surface area (Å²) >= 11 is 0. The van der Waals surface area contributed by atoms with Crippen LogP contribution in [-0.4, -0.2) is 5.11 Å². The van der Waals surface area contributed by atoms with E-state index in [9.17, 15) is 5.11 Å². The molecule has 0 atom stereocenters. The Labute approximate surface area is 111 Å². The summed E-state index contributed by atoms with van der Waals surface area (Å²) in [7, 11) is 0. The van der Waals surface area contributed by atoms with Crippen molar-refractivity contribution < 1.29 is 5.11 Å². The molecular formula is C17H24O. The number of benzene rings is 1. The van der Waals surface area contributed by atoms with Gasteiger partial charge < -0.3 is 5.11 Å². The maximum absolute atomic E-state index is 10.6. The minimum Gasteiger partial charge on any atom is -0.507 e. The molecule has 1 nitrogen and oxygen atoms in total. The molecule has 1 aromatic rings. The van der Waals surface area contributed by atoms with Crippen molar-refractivity contribution >= 4 is 0 Å². The molecule has 1 aromatic carbocycles. The van der Waals surface area contributed by atoms with Crippen LogP contribution in [0.15, 0.2) is 37.4 Å². The standard InChI is InChI=1S/C17H24O/c1-8-16(4,5)13-10-12(3)11-14(15(13)18)17(6,7)9-2/h8-11,18H,1-2H2,3-7H3. The first-order chi connectivity index (χ1) is 8.15. The monoisotopic (exact) mass is 244 g/mol. The van der Waals surface area contributed by atoms with Gasteiger partial charge in [0.15, 0.2) is 0 Å². The van der Waals surface area contributed by atoms with Gasteiger partial charge in [-0.3, -0.25) is 0 Å². The first kappa shape index (κ1) is 14.6. The van der Waals surface area contributed by atoms with E-state index in [4.69, 9.17) is 0 Å². The fraction of sp³-hybridized carbons (Fsp3) is 0.412. The molecule has 1 rings (SSSR count). The first-order valence-electron chi connectivity index (χ1n) is 6.27. The maximum atomic E-state index is 10.6. The van der Waals surface area contributed by atoms with Gasteiger partial charge in [-0.2, -0.15) is 0 Å². The Morgan fingerprint density at radius 3 is 1.56 bits per heavy atom. The van der Waals surface area contributed by atoms with E-state index >= 15 is 0 Å². The van der Waals surface area contributed by atoms with Crippen molar-refractivity contribution in [2.45, 2.75) is 45.4 Å². The van der Waals surface area contributed by atoms with Crippen molar-refractivity contribution in [1.29, 1.82) is 0 Å². The summed E-state index contributed by atoms with van der Waals surface area (Å²) in [5.74, 6) is 0.357. The third-order valence-corrected chi connectivity index (χ3v) is 3.66. The fourth-order valence-corrected chi connectivity index (χ4v) is 1.98. The highest BCUT2D eigenvalue weighted by atomic mass is 16.3. The Bertz CT molecular complexity index is 437. The second-order valence-corrected chi connectivity index (χ2v) is 6.06. The topological polar surface area (TPSA) is 20.2 Å².